The maximum Gasteiger partial charge on any atom is 0.325 e. The highest BCUT2D eigenvalue weighted by Gasteiger charge is 2.26. The second kappa shape index (κ2) is 3.38. The van der Waals surface area contributed by atoms with E-state index in [1.165, 1.54) is 0 Å². The summed E-state index contributed by atoms with van der Waals surface area (Å²) in [5.41, 5.74) is -0.0123. The second-order valence-corrected chi connectivity index (χ2v) is 3.50. The lowest BCUT2D eigenvalue weighted by Crippen LogP contribution is -2.20. The summed E-state index contributed by atoms with van der Waals surface area (Å²) in [7, 11) is 1.73. The lowest BCUT2D eigenvalue weighted by Gasteiger charge is -2.10. The molecular weight excluding hydrogens is 168 g/mol. The molecule has 1 aliphatic carbocycles. The molecule has 0 bridgehead atoms. The first-order chi connectivity index (χ1) is 6.31. The number of aromatic nitrogens is 2. The normalized spacial score (nSPS) is 28.1. The van der Waals surface area contributed by atoms with Gasteiger partial charge in [0.25, 0.3) is 0 Å². The van der Waals surface area contributed by atoms with Crippen LogP contribution in [0.15, 0.2) is 17.2 Å². The molecule has 1 N–H and O–H groups in total. The number of H-pyrrole nitrogens is 1. The Morgan fingerprint density at radius 3 is 3.00 bits per heavy atom. The number of hydrogen-bond acceptors (Lipinski definition) is 2. The Kier molecular flexibility index (Phi) is 2.22. The first kappa shape index (κ1) is 8.56. The molecule has 1 saturated carbocycles. The van der Waals surface area contributed by atoms with Gasteiger partial charge >= 0.3 is 5.69 Å². The number of hydrogen-bond donors (Lipinski definition) is 1. The first-order valence-electron chi connectivity index (χ1n) is 4.59. The molecule has 1 fully saturated rings. The van der Waals surface area contributed by atoms with Gasteiger partial charge in [0.15, 0.2) is 0 Å². The molecular formula is C9H14N2O2. The van der Waals surface area contributed by atoms with Crippen molar-refractivity contribution < 1.29 is 4.74 Å². The van der Waals surface area contributed by atoms with Gasteiger partial charge < -0.3 is 9.72 Å². The number of methoxy groups -OCH3 is 1. The molecule has 1 aromatic rings. The van der Waals surface area contributed by atoms with Crippen LogP contribution >= 0.6 is 0 Å². The van der Waals surface area contributed by atoms with E-state index in [4.69, 9.17) is 4.74 Å². The van der Waals surface area contributed by atoms with Gasteiger partial charge in [0, 0.05) is 25.5 Å². The van der Waals surface area contributed by atoms with Crippen LogP contribution in [-0.4, -0.2) is 22.8 Å². The molecule has 0 radical (unpaired) electrons. The summed E-state index contributed by atoms with van der Waals surface area (Å²) in [5.74, 6) is 0. The van der Waals surface area contributed by atoms with E-state index < -0.39 is 0 Å². The van der Waals surface area contributed by atoms with Gasteiger partial charge in [-0.1, -0.05) is 0 Å². The average Bonchev–Trinajstić information content (AvgIpc) is 2.71. The maximum absolute atomic E-state index is 11.3. The number of imidazole rings is 1. The summed E-state index contributed by atoms with van der Waals surface area (Å²) >= 11 is 0. The molecule has 0 saturated heterocycles. The SMILES string of the molecule is COC1CCC(n2cc[nH]c2=O)C1. The van der Waals surface area contributed by atoms with Gasteiger partial charge in [-0.05, 0) is 19.3 Å². The lowest BCUT2D eigenvalue weighted by atomic mass is 10.2. The third-order valence-electron chi connectivity index (χ3n) is 2.76. The highest BCUT2D eigenvalue weighted by Crippen LogP contribution is 2.30. The van der Waals surface area contributed by atoms with Crippen molar-refractivity contribution in [1.29, 1.82) is 0 Å². The Morgan fingerprint density at radius 1 is 1.62 bits per heavy atom. The average molecular weight is 182 g/mol. The summed E-state index contributed by atoms with van der Waals surface area (Å²) in [6, 6.07) is 0.323. The van der Waals surface area contributed by atoms with Gasteiger partial charge in [-0.15, -0.1) is 0 Å². The van der Waals surface area contributed by atoms with Crippen molar-refractivity contribution >= 4 is 0 Å². The molecule has 1 heterocycles. The van der Waals surface area contributed by atoms with Gasteiger partial charge in [-0.25, -0.2) is 4.79 Å². The molecule has 4 heteroatoms. The van der Waals surface area contributed by atoms with Gasteiger partial charge in [0.2, 0.25) is 0 Å². The standard InChI is InChI=1S/C9H14N2O2/c1-13-8-3-2-7(6-8)11-5-4-10-9(11)12/h4-5,7-8H,2-3,6H2,1H3,(H,10,12). The Hall–Kier alpha value is -1.03. The Bertz CT molecular complexity index is 328. The van der Waals surface area contributed by atoms with Crippen LogP contribution in [0.5, 0.6) is 0 Å². The number of nitrogens with zero attached hydrogens (tertiary/aromatic N) is 1. The van der Waals surface area contributed by atoms with E-state index in [0.717, 1.165) is 19.3 Å². The molecule has 0 spiro atoms. The predicted octanol–water partition coefficient (Wildman–Crippen LogP) is 0.916. The maximum atomic E-state index is 11.3. The van der Waals surface area contributed by atoms with Crippen LogP contribution in [-0.2, 0) is 4.74 Å². The fourth-order valence-electron chi connectivity index (χ4n) is 2.00. The van der Waals surface area contributed by atoms with E-state index in [-0.39, 0.29) is 5.69 Å². The fourth-order valence-corrected chi connectivity index (χ4v) is 2.00. The van der Waals surface area contributed by atoms with Gasteiger partial charge in [-0.2, -0.15) is 0 Å². The zero-order valence-corrected chi connectivity index (χ0v) is 7.69. The molecule has 2 atom stereocenters. The van der Waals surface area contributed by atoms with E-state index in [1.54, 1.807) is 17.9 Å². The third kappa shape index (κ3) is 1.54. The minimum atomic E-state index is -0.0123. The van der Waals surface area contributed by atoms with E-state index in [1.807, 2.05) is 6.20 Å². The van der Waals surface area contributed by atoms with E-state index >= 15 is 0 Å². The zero-order valence-electron chi connectivity index (χ0n) is 7.69. The minimum absolute atomic E-state index is 0.0123. The molecule has 1 aliphatic rings. The number of nitrogens with one attached hydrogen (secondary N) is 1. The Balaban J connectivity index is 2.12. The predicted molar refractivity (Wildman–Crippen MR) is 48.7 cm³/mol. The van der Waals surface area contributed by atoms with Crippen molar-refractivity contribution in [3.8, 4) is 0 Å². The summed E-state index contributed by atoms with van der Waals surface area (Å²) < 4.78 is 7.02. The second-order valence-electron chi connectivity index (χ2n) is 3.50. The van der Waals surface area contributed by atoms with Crippen LogP contribution in [0, 0.1) is 0 Å². The monoisotopic (exact) mass is 182 g/mol. The van der Waals surface area contributed by atoms with E-state index in [2.05, 4.69) is 4.98 Å². The topological polar surface area (TPSA) is 47.0 Å². The molecule has 0 aliphatic heterocycles. The van der Waals surface area contributed by atoms with Gasteiger partial charge in [0.1, 0.15) is 0 Å². The van der Waals surface area contributed by atoms with E-state index in [0.29, 0.717) is 12.1 Å². The smallest absolute Gasteiger partial charge is 0.325 e. The molecule has 0 aromatic carbocycles. The molecule has 1 aromatic heterocycles. The largest absolute Gasteiger partial charge is 0.381 e. The van der Waals surface area contributed by atoms with Crippen LogP contribution < -0.4 is 5.69 Å². The molecule has 2 unspecified atom stereocenters. The highest BCUT2D eigenvalue weighted by molar-refractivity contribution is 4.87. The van der Waals surface area contributed by atoms with Crippen LogP contribution in [0.3, 0.4) is 0 Å². The van der Waals surface area contributed by atoms with Crippen molar-refractivity contribution in [2.45, 2.75) is 31.4 Å². The molecule has 72 valence electrons. The molecule has 4 nitrogen and oxygen atoms in total. The Morgan fingerprint density at radius 2 is 2.46 bits per heavy atom. The zero-order chi connectivity index (χ0) is 9.26. The Labute approximate surface area is 76.5 Å². The van der Waals surface area contributed by atoms with Gasteiger partial charge in [0.05, 0.1) is 6.10 Å². The summed E-state index contributed by atoms with van der Waals surface area (Å²) in [5, 5.41) is 0. The lowest BCUT2D eigenvalue weighted by molar-refractivity contribution is 0.105. The van der Waals surface area contributed by atoms with Crippen molar-refractivity contribution in [1.82, 2.24) is 9.55 Å². The summed E-state index contributed by atoms with van der Waals surface area (Å²) in [4.78, 5) is 13.9. The number of ether oxygens (including phenoxy) is 1. The van der Waals surface area contributed by atoms with Crippen molar-refractivity contribution in [3.05, 3.63) is 22.9 Å². The number of aromatic amines is 1. The first-order valence-corrected chi connectivity index (χ1v) is 4.59. The van der Waals surface area contributed by atoms with Gasteiger partial charge in [-0.3, -0.25) is 4.57 Å². The minimum Gasteiger partial charge on any atom is -0.381 e. The van der Waals surface area contributed by atoms with Crippen LogP contribution in [0.4, 0.5) is 0 Å². The quantitative estimate of drug-likeness (QED) is 0.739. The van der Waals surface area contributed by atoms with Crippen LogP contribution in [0.25, 0.3) is 0 Å². The van der Waals surface area contributed by atoms with Crippen LogP contribution in [0.2, 0.25) is 0 Å². The van der Waals surface area contributed by atoms with Crippen molar-refractivity contribution in [2.75, 3.05) is 7.11 Å². The summed E-state index contributed by atoms with van der Waals surface area (Å²) in [6.07, 6.45) is 6.86. The highest BCUT2D eigenvalue weighted by atomic mass is 16.5. The molecule has 2 rings (SSSR count). The summed E-state index contributed by atoms with van der Waals surface area (Å²) in [6.45, 7) is 0. The molecule has 0 amide bonds. The third-order valence-corrected chi connectivity index (χ3v) is 2.76. The van der Waals surface area contributed by atoms with Crippen molar-refractivity contribution in [3.63, 3.8) is 0 Å². The molecule has 13 heavy (non-hydrogen) atoms. The van der Waals surface area contributed by atoms with Crippen molar-refractivity contribution in [2.24, 2.45) is 0 Å². The van der Waals surface area contributed by atoms with Crippen LogP contribution in [0.1, 0.15) is 25.3 Å². The van der Waals surface area contributed by atoms with E-state index in [9.17, 15) is 4.79 Å². The fraction of sp³-hybridized carbons (Fsp3) is 0.667. The number of rotatable bonds is 2.